The van der Waals surface area contributed by atoms with Crippen molar-refractivity contribution in [2.24, 2.45) is 5.92 Å². The van der Waals surface area contributed by atoms with Crippen molar-refractivity contribution in [3.05, 3.63) is 17.7 Å². The SMILES string of the molecule is O=Cc1ncn2c1CN(C(=O)CC1CCC1)CC2. The van der Waals surface area contributed by atoms with Crippen molar-refractivity contribution in [3.63, 3.8) is 0 Å². The van der Waals surface area contributed by atoms with Crippen LogP contribution in [0.15, 0.2) is 6.33 Å². The number of aromatic nitrogens is 2. The molecule has 0 atom stereocenters. The zero-order valence-corrected chi connectivity index (χ0v) is 10.3. The minimum Gasteiger partial charge on any atom is -0.335 e. The number of amides is 1. The van der Waals surface area contributed by atoms with Crippen molar-refractivity contribution in [2.45, 2.75) is 38.8 Å². The first-order valence-electron chi connectivity index (χ1n) is 6.55. The monoisotopic (exact) mass is 247 g/mol. The molecule has 1 aromatic heterocycles. The van der Waals surface area contributed by atoms with E-state index < -0.39 is 0 Å². The number of hydrogen-bond donors (Lipinski definition) is 0. The number of fused-ring (bicyclic) bond motifs is 1. The van der Waals surface area contributed by atoms with E-state index in [4.69, 9.17) is 0 Å². The molecule has 0 radical (unpaired) electrons. The highest BCUT2D eigenvalue weighted by molar-refractivity contribution is 5.78. The second kappa shape index (κ2) is 4.55. The van der Waals surface area contributed by atoms with Gasteiger partial charge in [-0.05, 0) is 18.8 Å². The van der Waals surface area contributed by atoms with Crippen LogP contribution in [-0.2, 0) is 17.9 Å². The van der Waals surface area contributed by atoms with E-state index in [2.05, 4.69) is 4.98 Å². The topological polar surface area (TPSA) is 55.2 Å². The van der Waals surface area contributed by atoms with Gasteiger partial charge in [-0.25, -0.2) is 4.98 Å². The number of hydrogen-bond acceptors (Lipinski definition) is 3. The molecule has 0 saturated heterocycles. The fourth-order valence-corrected chi connectivity index (χ4v) is 2.66. The Hall–Kier alpha value is -1.65. The fraction of sp³-hybridized carbons (Fsp3) is 0.615. The first-order chi connectivity index (χ1) is 8.78. The molecule has 1 aromatic rings. The van der Waals surface area contributed by atoms with Crippen LogP contribution in [0.5, 0.6) is 0 Å². The smallest absolute Gasteiger partial charge is 0.223 e. The standard InChI is InChI=1S/C13H17N3O2/c17-8-11-12-7-15(4-5-16(12)9-14-11)13(18)6-10-2-1-3-10/h8-10H,1-7H2. The van der Waals surface area contributed by atoms with Gasteiger partial charge in [-0.3, -0.25) is 9.59 Å². The van der Waals surface area contributed by atoms with Gasteiger partial charge in [0.15, 0.2) is 6.29 Å². The highest BCUT2D eigenvalue weighted by Crippen LogP contribution is 2.30. The van der Waals surface area contributed by atoms with Gasteiger partial charge < -0.3 is 9.47 Å². The third-order valence-electron chi connectivity index (χ3n) is 4.08. The maximum Gasteiger partial charge on any atom is 0.223 e. The molecule has 1 fully saturated rings. The van der Waals surface area contributed by atoms with Crippen molar-refractivity contribution in [1.82, 2.24) is 14.5 Å². The van der Waals surface area contributed by atoms with Crippen LogP contribution in [-0.4, -0.2) is 33.2 Å². The number of rotatable bonds is 3. The molecule has 0 aromatic carbocycles. The number of nitrogens with zero attached hydrogens (tertiary/aromatic N) is 3. The van der Waals surface area contributed by atoms with Gasteiger partial charge in [0.1, 0.15) is 5.69 Å². The highest BCUT2D eigenvalue weighted by Gasteiger charge is 2.27. The fourth-order valence-electron chi connectivity index (χ4n) is 2.66. The summed E-state index contributed by atoms with van der Waals surface area (Å²) in [4.78, 5) is 28.9. The van der Waals surface area contributed by atoms with Crippen LogP contribution in [0.1, 0.15) is 41.9 Å². The third-order valence-corrected chi connectivity index (χ3v) is 4.08. The zero-order valence-electron chi connectivity index (χ0n) is 10.3. The molecule has 1 amide bonds. The van der Waals surface area contributed by atoms with Gasteiger partial charge in [0.25, 0.3) is 0 Å². The summed E-state index contributed by atoms with van der Waals surface area (Å²) in [7, 11) is 0. The molecule has 1 aliphatic heterocycles. The second-order valence-corrected chi connectivity index (χ2v) is 5.20. The molecule has 1 aliphatic carbocycles. The predicted octanol–water partition coefficient (Wildman–Crippen LogP) is 1.23. The molecule has 0 spiro atoms. The van der Waals surface area contributed by atoms with E-state index in [-0.39, 0.29) is 5.91 Å². The lowest BCUT2D eigenvalue weighted by atomic mass is 9.82. The maximum absolute atomic E-state index is 12.1. The number of imidazole rings is 1. The molecule has 18 heavy (non-hydrogen) atoms. The summed E-state index contributed by atoms with van der Waals surface area (Å²) in [6, 6.07) is 0. The Morgan fingerprint density at radius 2 is 2.28 bits per heavy atom. The van der Waals surface area contributed by atoms with Gasteiger partial charge in [-0.15, -0.1) is 0 Å². The van der Waals surface area contributed by atoms with E-state index >= 15 is 0 Å². The van der Waals surface area contributed by atoms with E-state index in [1.807, 2.05) is 9.47 Å². The summed E-state index contributed by atoms with van der Waals surface area (Å²) in [6.45, 7) is 2.00. The van der Waals surface area contributed by atoms with Crippen LogP contribution in [0, 0.1) is 5.92 Å². The van der Waals surface area contributed by atoms with E-state index in [1.165, 1.54) is 19.3 Å². The Morgan fingerprint density at radius 3 is 2.94 bits per heavy atom. The van der Waals surface area contributed by atoms with Crippen molar-refractivity contribution < 1.29 is 9.59 Å². The van der Waals surface area contributed by atoms with Crippen LogP contribution < -0.4 is 0 Å². The minimum absolute atomic E-state index is 0.226. The average Bonchev–Trinajstić information content (AvgIpc) is 2.75. The zero-order chi connectivity index (χ0) is 12.5. The lowest BCUT2D eigenvalue weighted by Gasteiger charge is -2.32. The summed E-state index contributed by atoms with van der Waals surface area (Å²) in [5.41, 5.74) is 1.34. The molecule has 0 bridgehead atoms. The molecule has 5 nitrogen and oxygen atoms in total. The Labute approximate surface area is 106 Å². The quantitative estimate of drug-likeness (QED) is 0.755. The van der Waals surface area contributed by atoms with Crippen molar-refractivity contribution in [1.29, 1.82) is 0 Å². The van der Waals surface area contributed by atoms with Crippen LogP contribution in [0.4, 0.5) is 0 Å². The van der Waals surface area contributed by atoms with E-state index in [0.717, 1.165) is 25.1 Å². The summed E-state index contributed by atoms with van der Waals surface area (Å²) in [6.07, 6.45) is 6.78. The van der Waals surface area contributed by atoms with E-state index in [1.54, 1.807) is 6.33 Å². The predicted molar refractivity (Wildman–Crippen MR) is 65.0 cm³/mol. The van der Waals surface area contributed by atoms with Gasteiger partial charge >= 0.3 is 0 Å². The van der Waals surface area contributed by atoms with Crippen LogP contribution in [0.2, 0.25) is 0 Å². The molecule has 2 aliphatic rings. The second-order valence-electron chi connectivity index (χ2n) is 5.20. The molecule has 2 heterocycles. The Balaban J connectivity index is 1.69. The number of carbonyl (C=O) groups is 2. The number of aldehydes is 1. The Morgan fingerprint density at radius 1 is 1.44 bits per heavy atom. The van der Waals surface area contributed by atoms with Crippen molar-refractivity contribution in [2.75, 3.05) is 6.54 Å². The molecule has 1 saturated carbocycles. The lowest BCUT2D eigenvalue weighted by Crippen LogP contribution is -2.39. The van der Waals surface area contributed by atoms with Gasteiger partial charge in [-0.1, -0.05) is 6.42 Å². The lowest BCUT2D eigenvalue weighted by molar-refractivity contribution is -0.134. The summed E-state index contributed by atoms with van der Waals surface area (Å²) in [5.74, 6) is 0.818. The third kappa shape index (κ3) is 1.94. The number of carbonyl (C=O) groups excluding carboxylic acids is 2. The van der Waals surface area contributed by atoms with Crippen LogP contribution in [0.25, 0.3) is 0 Å². The van der Waals surface area contributed by atoms with Crippen molar-refractivity contribution >= 4 is 12.2 Å². The Bertz CT molecular complexity index is 477. The highest BCUT2D eigenvalue weighted by atomic mass is 16.2. The van der Waals surface area contributed by atoms with Gasteiger partial charge in [0.05, 0.1) is 18.6 Å². The van der Waals surface area contributed by atoms with Crippen molar-refractivity contribution in [3.8, 4) is 0 Å². The molecule has 3 rings (SSSR count). The maximum atomic E-state index is 12.1. The molecular formula is C13H17N3O2. The van der Waals surface area contributed by atoms with Gasteiger partial charge in [-0.2, -0.15) is 0 Å². The largest absolute Gasteiger partial charge is 0.335 e. The van der Waals surface area contributed by atoms with Gasteiger partial charge in [0, 0.05) is 19.5 Å². The minimum atomic E-state index is 0.226. The molecule has 0 N–H and O–H groups in total. The van der Waals surface area contributed by atoms with Crippen LogP contribution in [0.3, 0.4) is 0 Å². The summed E-state index contributed by atoms with van der Waals surface area (Å²) >= 11 is 0. The first kappa shape index (κ1) is 11.4. The molecular weight excluding hydrogens is 230 g/mol. The average molecular weight is 247 g/mol. The van der Waals surface area contributed by atoms with Gasteiger partial charge in [0.2, 0.25) is 5.91 Å². The summed E-state index contributed by atoms with van der Waals surface area (Å²) < 4.78 is 1.97. The first-order valence-corrected chi connectivity index (χ1v) is 6.55. The normalized spacial score (nSPS) is 19.2. The van der Waals surface area contributed by atoms with E-state index in [9.17, 15) is 9.59 Å². The molecule has 0 unspecified atom stereocenters. The van der Waals surface area contributed by atoms with Crippen LogP contribution >= 0.6 is 0 Å². The van der Waals surface area contributed by atoms with E-state index in [0.29, 0.717) is 24.6 Å². The Kier molecular flexibility index (Phi) is 2.89. The summed E-state index contributed by atoms with van der Waals surface area (Å²) in [5, 5.41) is 0. The molecule has 96 valence electrons. The molecule has 5 heteroatoms.